The van der Waals surface area contributed by atoms with Crippen LogP contribution in [0.3, 0.4) is 0 Å². The van der Waals surface area contributed by atoms with Crippen molar-refractivity contribution in [2.45, 2.75) is 44.6 Å². The largest absolute Gasteiger partial charge is 0.612 e. The molecule has 1 unspecified atom stereocenters. The number of benzene rings is 2. The maximum absolute atomic E-state index is 15.2. The van der Waals surface area contributed by atoms with E-state index in [1.54, 1.807) is 72.9 Å². The molecule has 1 amide bonds. The molecule has 0 bridgehead atoms. The Kier molecular flexibility index (Phi) is 6.82. The molecule has 0 saturated carbocycles. The smallest absolute Gasteiger partial charge is 0.228 e. The highest BCUT2D eigenvalue weighted by Crippen LogP contribution is 2.33. The van der Waals surface area contributed by atoms with Crippen LogP contribution in [0.5, 0.6) is 11.5 Å². The number of hydrogen-bond donors (Lipinski definition) is 1. The molecule has 2 aromatic carbocycles. The van der Waals surface area contributed by atoms with Crippen molar-refractivity contribution in [3.8, 4) is 11.5 Å². The number of pyridine rings is 1. The van der Waals surface area contributed by atoms with Crippen molar-refractivity contribution >= 4 is 33.7 Å². The number of nitrogens with one attached hydrogen (secondary N) is 1. The Hall–Kier alpha value is -3.43. The van der Waals surface area contributed by atoms with Crippen LogP contribution < -0.4 is 10.1 Å². The quantitative estimate of drug-likeness (QED) is 0.365. The first kappa shape index (κ1) is 24.7. The molecule has 2 heterocycles. The predicted molar refractivity (Wildman–Crippen MR) is 135 cm³/mol. The second-order valence-electron chi connectivity index (χ2n) is 9.28. The lowest BCUT2D eigenvalue weighted by Crippen LogP contribution is -2.22. The van der Waals surface area contributed by atoms with Crippen LogP contribution in [0.4, 0.5) is 10.1 Å². The zero-order valence-corrected chi connectivity index (χ0v) is 21.1. The summed E-state index contributed by atoms with van der Waals surface area (Å²) in [5, 5.41) is 7.70. The van der Waals surface area contributed by atoms with Gasteiger partial charge in [0.1, 0.15) is 23.6 Å². The Bertz CT molecular complexity index is 1400. The van der Waals surface area contributed by atoms with E-state index in [9.17, 15) is 9.35 Å². The Morgan fingerprint density at radius 1 is 1.20 bits per heavy atom. The number of fused-ring (bicyclic) bond motifs is 1. The second-order valence-corrected chi connectivity index (χ2v) is 10.7. The average molecular weight is 495 g/mol. The van der Waals surface area contributed by atoms with Crippen molar-refractivity contribution in [1.82, 2.24) is 14.8 Å². The van der Waals surface area contributed by atoms with Crippen molar-refractivity contribution in [3.05, 3.63) is 71.9 Å². The number of hydrogen-bond acceptors (Lipinski definition) is 5. The van der Waals surface area contributed by atoms with Crippen LogP contribution in [-0.4, -0.2) is 31.5 Å². The van der Waals surface area contributed by atoms with Crippen LogP contribution in [-0.2, 0) is 27.9 Å². The number of amides is 1. The summed E-state index contributed by atoms with van der Waals surface area (Å²) < 4.78 is 34.9. The van der Waals surface area contributed by atoms with Crippen molar-refractivity contribution in [1.29, 1.82) is 0 Å². The molecule has 0 fully saturated rings. The summed E-state index contributed by atoms with van der Waals surface area (Å²) in [7, 11) is 0. The van der Waals surface area contributed by atoms with Gasteiger partial charge in [-0.3, -0.25) is 14.5 Å². The Labute approximate surface area is 206 Å². The van der Waals surface area contributed by atoms with E-state index in [-0.39, 0.29) is 29.0 Å². The first-order chi connectivity index (χ1) is 16.5. The van der Waals surface area contributed by atoms with Gasteiger partial charge in [0.05, 0.1) is 29.4 Å². The van der Waals surface area contributed by atoms with Crippen molar-refractivity contribution in [3.63, 3.8) is 0 Å². The van der Waals surface area contributed by atoms with Gasteiger partial charge in [-0.05, 0) is 68.7 Å². The molecular formula is C26H27FN4O3S. The number of nitrogens with zero attached hydrogens (tertiary/aromatic N) is 3. The molecule has 0 spiro atoms. The zero-order chi connectivity index (χ0) is 25.3. The number of aromatic nitrogens is 3. The lowest BCUT2D eigenvalue weighted by molar-refractivity contribution is -0.115. The fourth-order valence-corrected chi connectivity index (χ4v) is 4.13. The van der Waals surface area contributed by atoms with E-state index in [2.05, 4.69) is 15.4 Å². The van der Waals surface area contributed by atoms with Crippen LogP contribution in [0.15, 0.2) is 59.9 Å². The van der Waals surface area contributed by atoms with E-state index in [0.29, 0.717) is 33.0 Å². The number of rotatable bonds is 6. The number of ether oxygens (including phenoxy) is 1. The summed E-state index contributed by atoms with van der Waals surface area (Å²) in [6, 6.07) is 10.2. The Morgan fingerprint density at radius 2 is 1.97 bits per heavy atom. The van der Waals surface area contributed by atoms with Crippen molar-refractivity contribution < 1.29 is 18.5 Å². The highest BCUT2D eigenvalue weighted by Gasteiger charge is 2.18. The highest BCUT2D eigenvalue weighted by molar-refractivity contribution is 7.90. The van der Waals surface area contributed by atoms with Crippen molar-refractivity contribution in [2.24, 2.45) is 0 Å². The topological polar surface area (TPSA) is 92.1 Å². The predicted octanol–water partition coefficient (Wildman–Crippen LogP) is 5.34. The molecule has 4 aromatic rings. The van der Waals surface area contributed by atoms with E-state index in [0.717, 1.165) is 0 Å². The SMILES string of the molecule is Cc1c(Oc2ccnc3ccc([S+](C)[O-])cc23)ccc(CC(=O)Nc2cnn(C(C)(C)C)c2)c1F. The third kappa shape index (κ3) is 5.47. The van der Waals surface area contributed by atoms with E-state index < -0.39 is 17.0 Å². The third-order valence-electron chi connectivity index (χ3n) is 5.55. The molecule has 0 saturated heterocycles. The van der Waals surface area contributed by atoms with Gasteiger partial charge in [0.15, 0.2) is 4.90 Å². The van der Waals surface area contributed by atoms with Gasteiger partial charge in [-0.1, -0.05) is 6.07 Å². The lowest BCUT2D eigenvalue weighted by Gasteiger charge is -2.18. The molecule has 182 valence electrons. The summed E-state index contributed by atoms with van der Waals surface area (Å²) in [6.45, 7) is 7.62. The molecule has 35 heavy (non-hydrogen) atoms. The summed E-state index contributed by atoms with van der Waals surface area (Å²) in [6.07, 6.45) is 6.39. The molecule has 9 heteroatoms. The van der Waals surface area contributed by atoms with Gasteiger partial charge in [-0.25, -0.2) is 4.39 Å². The van der Waals surface area contributed by atoms with Gasteiger partial charge in [-0.2, -0.15) is 5.10 Å². The van der Waals surface area contributed by atoms with Gasteiger partial charge < -0.3 is 14.6 Å². The Morgan fingerprint density at radius 3 is 2.66 bits per heavy atom. The maximum Gasteiger partial charge on any atom is 0.228 e. The molecule has 7 nitrogen and oxygen atoms in total. The minimum absolute atomic E-state index is 0.127. The van der Waals surface area contributed by atoms with Gasteiger partial charge >= 0.3 is 0 Å². The van der Waals surface area contributed by atoms with Crippen LogP contribution in [0.25, 0.3) is 10.9 Å². The lowest BCUT2D eigenvalue weighted by atomic mass is 10.1. The normalized spacial score (nSPS) is 12.5. The average Bonchev–Trinajstić information content (AvgIpc) is 3.27. The molecule has 0 aliphatic carbocycles. The van der Waals surface area contributed by atoms with E-state index in [1.807, 2.05) is 20.8 Å². The van der Waals surface area contributed by atoms with Crippen LogP contribution >= 0.6 is 0 Å². The van der Waals surface area contributed by atoms with E-state index in [1.165, 1.54) is 0 Å². The molecule has 1 atom stereocenters. The fraction of sp³-hybridized carbons (Fsp3) is 0.269. The fourth-order valence-electron chi connectivity index (χ4n) is 3.59. The summed E-state index contributed by atoms with van der Waals surface area (Å²) in [5.41, 5.74) is 1.57. The molecular weight excluding hydrogens is 467 g/mol. The minimum atomic E-state index is -1.16. The number of carbonyl (C=O) groups is 1. The Balaban J connectivity index is 1.53. The number of carbonyl (C=O) groups excluding carboxylic acids is 1. The molecule has 0 aliphatic heterocycles. The van der Waals surface area contributed by atoms with E-state index in [4.69, 9.17) is 4.74 Å². The second kappa shape index (κ2) is 9.67. The summed E-state index contributed by atoms with van der Waals surface area (Å²) >= 11 is -1.16. The third-order valence-corrected chi connectivity index (χ3v) is 6.46. The molecule has 1 N–H and O–H groups in total. The van der Waals surface area contributed by atoms with Gasteiger partial charge in [0.2, 0.25) is 5.91 Å². The standard InChI is InChI=1S/C26H27FN4O3S/c1-16-22(34-23-10-11-28-21-8-7-19(35(5)33)13-20(21)23)9-6-17(25(16)27)12-24(32)30-18-14-29-31(15-18)26(2,3)4/h6-11,13-15H,12H2,1-5H3,(H,30,32). The van der Waals surface area contributed by atoms with Crippen LogP contribution in [0, 0.1) is 12.7 Å². The first-order valence-corrected chi connectivity index (χ1v) is 12.6. The monoisotopic (exact) mass is 494 g/mol. The molecule has 4 rings (SSSR count). The van der Waals surface area contributed by atoms with Gasteiger partial charge in [0.25, 0.3) is 0 Å². The highest BCUT2D eigenvalue weighted by atomic mass is 32.2. The van der Waals surface area contributed by atoms with E-state index >= 15 is 4.39 Å². The van der Waals surface area contributed by atoms with Crippen LogP contribution in [0.2, 0.25) is 0 Å². The molecule has 2 aromatic heterocycles. The van der Waals surface area contributed by atoms with Gasteiger partial charge in [-0.15, -0.1) is 0 Å². The molecule has 0 radical (unpaired) electrons. The van der Waals surface area contributed by atoms with Crippen LogP contribution in [0.1, 0.15) is 31.9 Å². The minimum Gasteiger partial charge on any atom is -0.612 e. The van der Waals surface area contributed by atoms with Gasteiger partial charge in [0, 0.05) is 29.4 Å². The number of halogens is 1. The first-order valence-electron chi connectivity index (χ1n) is 11.1. The summed E-state index contributed by atoms with van der Waals surface area (Å²) in [4.78, 5) is 17.5. The van der Waals surface area contributed by atoms with Crippen molar-refractivity contribution in [2.75, 3.05) is 11.6 Å². The zero-order valence-electron chi connectivity index (χ0n) is 20.3. The molecule has 0 aliphatic rings. The maximum atomic E-state index is 15.2. The number of anilines is 1. The summed E-state index contributed by atoms with van der Waals surface area (Å²) in [5.74, 6) is -0.0396.